The van der Waals surface area contributed by atoms with Gasteiger partial charge in [-0.3, -0.25) is 9.59 Å². The fraction of sp³-hybridized carbons (Fsp3) is 0.542. The van der Waals surface area contributed by atoms with Crippen LogP contribution in [0, 0.1) is 0 Å². The number of unbranched alkanes of at least 4 members (excludes halogenated alkanes) is 2. The van der Waals surface area contributed by atoms with Gasteiger partial charge in [-0.2, -0.15) is 15.0 Å². The van der Waals surface area contributed by atoms with Crippen molar-refractivity contribution < 1.29 is 9.59 Å². The number of imide groups is 1. The highest BCUT2D eigenvalue weighted by Gasteiger charge is 2.40. The van der Waals surface area contributed by atoms with Crippen LogP contribution in [0.1, 0.15) is 59.8 Å². The molecular formula is C24H33N5O2S2. The molecule has 1 saturated heterocycles. The summed E-state index contributed by atoms with van der Waals surface area (Å²) in [7, 11) is 0. The molecule has 1 unspecified atom stereocenters. The third-order valence-electron chi connectivity index (χ3n) is 5.14. The van der Waals surface area contributed by atoms with Crippen molar-refractivity contribution in [3.8, 4) is 0 Å². The summed E-state index contributed by atoms with van der Waals surface area (Å²) in [5.41, 5.74) is 0.605. The Morgan fingerprint density at radius 2 is 1.64 bits per heavy atom. The number of benzene rings is 1. The average molecular weight is 488 g/mol. The maximum atomic E-state index is 13.1. The van der Waals surface area contributed by atoms with Gasteiger partial charge in [0.2, 0.25) is 17.8 Å². The number of nitrogens with zero attached hydrogens (tertiary/aromatic N) is 5. The molecule has 1 aromatic heterocycles. The largest absolute Gasteiger partial charge is 0.341 e. The van der Waals surface area contributed by atoms with Crippen LogP contribution >= 0.6 is 23.5 Å². The van der Waals surface area contributed by atoms with Gasteiger partial charge in [0.1, 0.15) is 5.25 Å². The number of aromatic nitrogens is 3. The van der Waals surface area contributed by atoms with Gasteiger partial charge in [-0.25, -0.2) is 4.90 Å². The summed E-state index contributed by atoms with van der Waals surface area (Å²) in [5.74, 6) is 0.251. The monoisotopic (exact) mass is 487 g/mol. The van der Waals surface area contributed by atoms with Crippen LogP contribution in [0.5, 0.6) is 0 Å². The standard InChI is InChI=1S/C24H33N5O2S2/c1-5-7-14-28(15-8-6-2)22-25-23(32-17(3)4)27-24(26-22)33-19-16-20(30)29(21(19)31)18-12-10-9-11-13-18/h9-13,17,19H,5-8,14-16H2,1-4H3. The molecule has 2 amide bonds. The predicted octanol–water partition coefficient (Wildman–Crippen LogP) is 5.20. The van der Waals surface area contributed by atoms with Crippen molar-refractivity contribution in [3.63, 3.8) is 0 Å². The number of amides is 2. The first-order valence-corrected chi connectivity index (χ1v) is 13.4. The first kappa shape index (κ1) is 25.5. The molecule has 7 nitrogen and oxygen atoms in total. The summed E-state index contributed by atoms with van der Waals surface area (Å²) in [6.07, 6.45) is 4.45. The van der Waals surface area contributed by atoms with Crippen LogP contribution in [0.4, 0.5) is 11.6 Å². The number of thioether (sulfide) groups is 2. The van der Waals surface area contributed by atoms with E-state index in [2.05, 4.69) is 37.6 Å². The van der Waals surface area contributed by atoms with Crippen LogP contribution in [0.25, 0.3) is 0 Å². The minimum atomic E-state index is -0.537. The van der Waals surface area contributed by atoms with Gasteiger partial charge in [-0.05, 0) is 25.0 Å². The van der Waals surface area contributed by atoms with Crippen LogP contribution in [-0.4, -0.2) is 50.4 Å². The first-order valence-electron chi connectivity index (χ1n) is 11.7. The Morgan fingerprint density at radius 3 is 2.24 bits per heavy atom. The molecule has 3 rings (SSSR count). The number of rotatable bonds is 12. The molecule has 0 radical (unpaired) electrons. The molecule has 1 atom stereocenters. The molecule has 9 heteroatoms. The lowest BCUT2D eigenvalue weighted by Gasteiger charge is -2.23. The molecule has 33 heavy (non-hydrogen) atoms. The number of carbonyl (C=O) groups is 2. The van der Waals surface area contributed by atoms with Crippen LogP contribution in [0.15, 0.2) is 40.6 Å². The minimum Gasteiger partial charge on any atom is -0.341 e. The van der Waals surface area contributed by atoms with Gasteiger partial charge in [0.15, 0.2) is 10.3 Å². The van der Waals surface area contributed by atoms with E-state index >= 15 is 0 Å². The second-order valence-corrected chi connectivity index (χ2v) is 11.0. The van der Waals surface area contributed by atoms with Crippen molar-refractivity contribution in [2.75, 3.05) is 22.9 Å². The fourth-order valence-electron chi connectivity index (χ4n) is 3.47. The number of anilines is 2. The van der Waals surface area contributed by atoms with Gasteiger partial charge in [0, 0.05) is 24.8 Å². The fourth-order valence-corrected chi connectivity index (χ4v) is 5.18. The highest BCUT2D eigenvalue weighted by molar-refractivity contribution is 8.00. The summed E-state index contributed by atoms with van der Waals surface area (Å²) in [6, 6.07) is 9.07. The predicted molar refractivity (Wildman–Crippen MR) is 136 cm³/mol. The average Bonchev–Trinajstić information content (AvgIpc) is 3.06. The van der Waals surface area contributed by atoms with Crippen molar-refractivity contribution in [3.05, 3.63) is 30.3 Å². The quantitative estimate of drug-likeness (QED) is 0.298. The van der Waals surface area contributed by atoms with E-state index in [1.807, 2.05) is 18.2 Å². The van der Waals surface area contributed by atoms with Crippen molar-refractivity contribution in [1.82, 2.24) is 15.0 Å². The van der Waals surface area contributed by atoms with Gasteiger partial charge >= 0.3 is 0 Å². The van der Waals surface area contributed by atoms with Crippen molar-refractivity contribution >= 4 is 47.0 Å². The summed E-state index contributed by atoms with van der Waals surface area (Å²) < 4.78 is 0. The lowest BCUT2D eigenvalue weighted by molar-refractivity contribution is -0.121. The van der Waals surface area contributed by atoms with Crippen molar-refractivity contribution in [2.45, 2.75) is 80.6 Å². The van der Waals surface area contributed by atoms with Crippen LogP contribution in [0.3, 0.4) is 0 Å². The molecule has 0 N–H and O–H groups in total. The van der Waals surface area contributed by atoms with Gasteiger partial charge in [-0.15, -0.1) is 0 Å². The Labute approximate surface area is 205 Å². The molecule has 2 aromatic rings. The molecule has 0 aliphatic carbocycles. The number of para-hydroxylation sites is 1. The zero-order valence-corrected chi connectivity index (χ0v) is 21.5. The Balaban J connectivity index is 1.86. The molecule has 1 aliphatic rings. The summed E-state index contributed by atoms with van der Waals surface area (Å²) in [6.45, 7) is 10.3. The van der Waals surface area contributed by atoms with E-state index in [4.69, 9.17) is 9.97 Å². The van der Waals surface area contributed by atoms with Crippen LogP contribution < -0.4 is 9.80 Å². The topological polar surface area (TPSA) is 79.3 Å². The zero-order chi connectivity index (χ0) is 23.8. The van der Waals surface area contributed by atoms with Crippen molar-refractivity contribution in [2.24, 2.45) is 0 Å². The van der Waals surface area contributed by atoms with Gasteiger partial charge < -0.3 is 4.90 Å². The Kier molecular flexibility index (Phi) is 9.55. The lowest BCUT2D eigenvalue weighted by Crippen LogP contribution is -2.31. The third kappa shape index (κ3) is 6.93. The molecule has 1 aromatic carbocycles. The Hall–Kier alpha value is -2.13. The molecule has 0 bridgehead atoms. The number of carbonyl (C=O) groups excluding carboxylic acids is 2. The SMILES string of the molecule is CCCCN(CCCC)c1nc(SC(C)C)nc(SC2CC(=O)N(c3ccccc3)C2=O)n1. The highest BCUT2D eigenvalue weighted by atomic mass is 32.2. The van der Waals surface area contributed by atoms with E-state index in [0.29, 0.717) is 27.2 Å². The second kappa shape index (κ2) is 12.4. The van der Waals surface area contributed by atoms with E-state index in [-0.39, 0.29) is 18.2 Å². The first-order chi connectivity index (χ1) is 15.9. The lowest BCUT2D eigenvalue weighted by atomic mass is 10.3. The molecule has 0 spiro atoms. The molecular weight excluding hydrogens is 454 g/mol. The van der Waals surface area contributed by atoms with Crippen LogP contribution in [-0.2, 0) is 9.59 Å². The number of hydrogen-bond acceptors (Lipinski definition) is 8. The third-order valence-corrected chi connectivity index (χ3v) is 7.05. The molecule has 0 saturated carbocycles. The summed E-state index contributed by atoms with van der Waals surface area (Å²) in [4.78, 5) is 43.3. The zero-order valence-electron chi connectivity index (χ0n) is 19.9. The summed E-state index contributed by atoms with van der Waals surface area (Å²) in [5, 5.41) is 0.945. The highest BCUT2D eigenvalue weighted by Crippen LogP contribution is 2.34. The Morgan fingerprint density at radius 1 is 1.00 bits per heavy atom. The maximum absolute atomic E-state index is 13.1. The van der Waals surface area contributed by atoms with E-state index in [0.717, 1.165) is 38.8 Å². The van der Waals surface area contributed by atoms with E-state index in [1.165, 1.54) is 16.7 Å². The smallest absolute Gasteiger partial charge is 0.247 e. The second-order valence-electron chi connectivity index (χ2n) is 8.27. The number of hydrogen-bond donors (Lipinski definition) is 0. The van der Waals surface area contributed by atoms with Gasteiger partial charge in [-0.1, -0.05) is 82.3 Å². The minimum absolute atomic E-state index is 0.140. The Bertz CT molecular complexity index is 934. The maximum Gasteiger partial charge on any atom is 0.247 e. The van der Waals surface area contributed by atoms with Crippen LogP contribution in [0.2, 0.25) is 0 Å². The molecule has 1 fully saturated rings. The normalized spacial score (nSPS) is 16.2. The van der Waals surface area contributed by atoms with Gasteiger partial charge in [0.05, 0.1) is 5.69 Å². The molecule has 2 heterocycles. The summed E-state index contributed by atoms with van der Waals surface area (Å²) >= 11 is 2.85. The van der Waals surface area contributed by atoms with E-state index in [1.54, 1.807) is 23.9 Å². The van der Waals surface area contributed by atoms with Crippen molar-refractivity contribution in [1.29, 1.82) is 0 Å². The molecule has 1 aliphatic heterocycles. The van der Waals surface area contributed by atoms with E-state index < -0.39 is 5.25 Å². The van der Waals surface area contributed by atoms with E-state index in [9.17, 15) is 9.59 Å². The molecule has 178 valence electrons. The van der Waals surface area contributed by atoms with Gasteiger partial charge in [0.25, 0.3) is 0 Å².